The molecule has 1 saturated carbocycles. The Labute approximate surface area is 213 Å². The number of carbonyl (C=O) groups is 2. The fraction of sp³-hybridized carbons (Fsp3) is 0.625. The van der Waals surface area contributed by atoms with Gasteiger partial charge in [0.15, 0.2) is 11.7 Å². The summed E-state index contributed by atoms with van der Waals surface area (Å²) in [5.41, 5.74) is -0.608. The molecule has 2 unspecified atom stereocenters. The van der Waals surface area contributed by atoms with Crippen LogP contribution in [0.15, 0.2) is 27.5 Å². The number of hydrogen-bond acceptors (Lipinski definition) is 7. The Hall–Kier alpha value is -2.47. The zero-order valence-corrected chi connectivity index (χ0v) is 22.7. The van der Waals surface area contributed by atoms with Crippen LogP contribution in [0.4, 0.5) is 11.4 Å². The molecule has 12 heteroatoms. The Morgan fingerprint density at radius 2 is 1.89 bits per heavy atom. The minimum absolute atomic E-state index is 0.0317. The van der Waals surface area contributed by atoms with Gasteiger partial charge < -0.3 is 10.2 Å². The minimum Gasteiger partial charge on any atom is -0.341 e. The fourth-order valence-corrected chi connectivity index (χ4v) is 7.05. The van der Waals surface area contributed by atoms with Crippen LogP contribution in [0.3, 0.4) is 0 Å². The lowest BCUT2D eigenvalue weighted by molar-refractivity contribution is -0.153. The molecule has 0 aromatic heterocycles. The maximum absolute atomic E-state index is 13.8. The molecule has 3 aliphatic rings. The lowest BCUT2D eigenvalue weighted by Crippen LogP contribution is -2.61. The van der Waals surface area contributed by atoms with Gasteiger partial charge in [-0.3, -0.25) is 14.3 Å². The van der Waals surface area contributed by atoms with E-state index >= 15 is 0 Å². The van der Waals surface area contributed by atoms with Crippen LogP contribution in [-0.2, 0) is 29.6 Å². The molecule has 1 aromatic carbocycles. The van der Waals surface area contributed by atoms with Crippen LogP contribution in [0, 0.1) is 17.3 Å². The van der Waals surface area contributed by atoms with Crippen molar-refractivity contribution in [3.8, 4) is 0 Å². The summed E-state index contributed by atoms with van der Waals surface area (Å²) >= 11 is 0. The van der Waals surface area contributed by atoms with Gasteiger partial charge in [-0.25, -0.2) is 8.42 Å². The molecular weight excluding hydrogens is 504 g/mol. The molecule has 0 spiro atoms. The van der Waals surface area contributed by atoms with Gasteiger partial charge in [-0.05, 0) is 49.8 Å². The molecule has 36 heavy (non-hydrogen) atoms. The molecule has 2 heterocycles. The van der Waals surface area contributed by atoms with E-state index in [1.165, 1.54) is 18.2 Å². The SMILES string of the molecule is CC(C)CCC1(C)CN(C2CCCC2)C(=O)C(C2=NS(=O)(=O)c3cc(NS(C)(=O)=O)ccc3N2)C1=O. The van der Waals surface area contributed by atoms with Gasteiger partial charge in [0.2, 0.25) is 15.9 Å². The first-order valence-electron chi connectivity index (χ1n) is 12.3. The second-order valence-electron chi connectivity index (χ2n) is 10.9. The third-order valence-electron chi connectivity index (χ3n) is 7.26. The molecule has 10 nitrogen and oxygen atoms in total. The number of likely N-dealkylation sites (tertiary alicyclic amines) is 1. The van der Waals surface area contributed by atoms with Gasteiger partial charge in [-0.2, -0.15) is 8.42 Å². The van der Waals surface area contributed by atoms with Crippen molar-refractivity contribution in [2.75, 3.05) is 22.8 Å². The number of Topliss-reactive ketones (excluding diaryl/α,β-unsaturated/α-hetero) is 1. The predicted molar refractivity (Wildman–Crippen MR) is 138 cm³/mol. The third kappa shape index (κ3) is 5.29. The number of anilines is 2. The highest BCUT2D eigenvalue weighted by Crippen LogP contribution is 2.41. The van der Waals surface area contributed by atoms with Crippen molar-refractivity contribution in [3.05, 3.63) is 18.2 Å². The lowest BCUT2D eigenvalue weighted by Gasteiger charge is -2.45. The summed E-state index contributed by atoms with van der Waals surface area (Å²) in [5.74, 6) is -1.89. The molecule has 2 N–H and O–H groups in total. The van der Waals surface area contributed by atoms with E-state index in [1.54, 1.807) is 4.90 Å². The van der Waals surface area contributed by atoms with Crippen LogP contribution in [0.2, 0.25) is 0 Å². The number of nitrogens with one attached hydrogen (secondary N) is 2. The summed E-state index contributed by atoms with van der Waals surface area (Å²) in [4.78, 5) is 29.1. The van der Waals surface area contributed by atoms with E-state index in [9.17, 15) is 26.4 Å². The van der Waals surface area contributed by atoms with Crippen molar-refractivity contribution in [1.82, 2.24) is 4.90 Å². The van der Waals surface area contributed by atoms with Crippen molar-refractivity contribution >= 4 is 48.9 Å². The molecule has 2 fully saturated rings. The van der Waals surface area contributed by atoms with Crippen molar-refractivity contribution in [2.24, 2.45) is 21.6 Å². The van der Waals surface area contributed by atoms with Crippen LogP contribution >= 0.6 is 0 Å². The van der Waals surface area contributed by atoms with E-state index < -0.39 is 37.3 Å². The van der Waals surface area contributed by atoms with Crippen LogP contribution < -0.4 is 10.0 Å². The molecule has 1 aromatic rings. The van der Waals surface area contributed by atoms with Gasteiger partial charge in [0.1, 0.15) is 10.7 Å². The number of benzene rings is 1. The van der Waals surface area contributed by atoms with E-state index in [-0.39, 0.29) is 33.9 Å². The van der Waals surface area contributed by atoms with Gasteiger partial charge in [-0.1, -0.05) is 33.6 Å². The normalized spacial score (nSPS) is 26.5. The maximum atomic E-state index is 13.8. The average molecular weight is 539 g/mol. The summed E-state index contributed by atoms with van der Waals surface area (Å²) in [7, 11) is -7.92. The molecular formula is C24H34N4O6S2. The quantitative estimate of drug-likeness (QED) is 0.508. The number of hydrogen-bond donors (Lipinski definition) is 2. The smallest absolute Gasteiger partial charge is 0.286 e. The first-order chi connectivity index (χ1) is 16.7. The zero-order valence-electron chi connectivity index (χ0n) is 21.1. The molecule has 1 amide bonds. The molecule has 198 valence electrons. The van der Waals surface area contributed by atoms with Gasteiger partial charge in [-0.15, -0.1) is 4.40 Å². The second-order valence-corrected chi connectivity index (χ2v) is 14.2. The number of sulfonamides is 2. The molecule has 2 atom stereocenters. The zero-order chi connectivity index (χ0) is 26.5. The second kappa shape index (κ2) is 9.44. The lowest BCUT2D eigenvalue weighted by atomic mass is 9.70. The number of carbonyl (C=O) groups excluding carboxylic acids is 2. The van der Waals surface area contributed by atoms with Crippen LogP contribution in [0.5, 0.6) is 0 Å². The Bertz CT molecular complexity index is 1320. The van der Waals surface area contributed by atoms with Crippen molar-refractivity contribution < 1.29 is 26.4 Å². The molecule has 1 saturated heterocycles. The highest BCUT2D eigenvalue weighted by atomic mass is 32.2. The monoisotopic (exact) mass is 538 g/mol. The predicted octanol–water partition coefficient (Wildman–Crippen LogP) is 2.98. The number of piperidine rings is 1. The summed E-state index contributed by atoms with van der Waals surface area (Å²) in [6, 6.07) is 4.01. The average Bonchev–Trinajstić information content (AvgIpc) is 3.29. The van der Waals surface area contributed by atoms with E-state index in [0.717, 1.165) is 38.4 Å². The maximum Gasteiger partial charge on any atom is 0.286 e. The van der Waals surface area contributed by atoms with Gasteiger partial charge in [0, 0.05) is 23.7 Å². The van der Waals surface area contributed by atoms with Crippen molar-refractivity contribution in [3.63, 3.8) is 0 Å². The molecule has 0 bridgehead atoms. The van der Waals surface area contributed by atoms with E-state index in [0.29, 0.717) is 18.9 Å². The Morgan fingerprint density at radius 1 is 1.22 bits per heavy atom. The van der Waals surface area contributed by atoms with Crippen LogP contribution in [0.25, 0.3) is 0 Å². The van der Waals surface area contributed by atoms with Crippen molar-refractivity contribution in [1.29, 1.82) is 0 Å². The van der Waals surface area contributed by atoms with Gasteiger partial charge >= 0.3 is 0 Å². The number of amidine groups is 1. The minimum atomic E-state index is -4.30. The molecule has 1 aliphatic carbocycles. The first-order valence-corrected chi connectivity index (χ1v) is 15.6. The largest absolute Gasteiger partial charge is 0.341 e. The standard InChI is InChI=1S/C24H34N4O6S2/c1-15(2)11-12-24(3)14-28(17-7-5-6-8-17)23(30)20(21(24)29)22-25-18-10-9-16(26-35(4,31)32)13-19(18)36(33,34)27-22/h9-10,13,15,17,20,26H,5-8,11-12,14H2,1-4H3,(H,25,27). The van der Waals surface area contributed by atoms with Crippen LogP contribution in [-0.4, -0.2) is 58.1 Å². The number of amides is 1. The fourth-order valence-electron chi connectivity index (χ4n) is 5.31. The van der Waals surface area contributed by atoms with Gasteiger partial charge in [0.25, 0.3) is 10.0 Å². The Kier molecular flexibility index (Phi) is 6.97. The Balaban J connectivity index is 1.73. The number of fused-ring (bicyclic) bond motifs is 1. The van der Waals surface area contributed by atoms with E-state index in [1.807, 2.05) is 6.92 Å². The summed E-state index contributed by atoms with van der Waals surface area (Å²) in [6.45, 7) is 6.36. The topological polar surface area (TPSA) is 142 Å². The molecule has 4 rings (SSSR count). The summed E-state index contributed by atoms with van der Waals surface area (Å²) < 4.78 is 55.5. The molecule has 0 radical (unpaired) electrons. The third-order valence-corrected chi connectivity index (χ3v) is 9.20. The summed E-state index contributed by atoms with van der Waals surface area (Å²) in [6.07, 6.45) is 6.11. The molecule has 2 aliphatic heterocycles. The highest BCUT2D eigenvalue weighted by molar-refractivity contribution is 7.92. The van der Waals surface area contributed by atoms with Gasteiger partial charge in [0.05, 0.1) is 11.9 Å². The number of nitrogens with zero attached hydrogens (tertiary/aromatic N) is 2. The number of rotatable bonds is 7. The highest BCUT2D eigenvalue weighted by Gasteiger charge is 2.53. The van der Waals surface area contributed by atoms with Crippen LogP contribution in [0.1, 0.15) is 59.3 Å². The Morgan fingerprint density at radius 3 is 2.50 bits per heavy atom. The summed E-state index contributed by atoms with van der Waals surface area (Å²) in [5, 5.41) is 2.91. The first kappa shape index (κ1) is 26.6. The van der Waals surface area contributed by atoms with Crippen molar-refractivity contribution in [2.45, 2.75) is 70.2 Å². The van der Waals surface area contributed by atoms with E-state index in [4.69, 9.17) is 0 Å². The van der Waals surface area contributed by atoms with E-state index in [2.05, 4.69) is 28.3 Å². The number of ketones is 1.